The van der Waals surface area contributed by atoms with E-state index in [-0.39, 0.29) is 154 Å². The number of aromatic nitrogens is 6. The number of hydrogen-bond acceptors (Lipinski definition) is 22. The van der Waals surface area contributed by atoms with Gasteiger partial charge in [0.15, 0.2) is 23.6 Å². The van der Waals surface area contributed by atoms with Crippen molar-refractivity contribution < 1.29 is 190 Å². The van der Waals surface area contributed by atoms with Gasteiger partial charge in [-0.05, 0) is 12.8 Å². The number of nitrogen functional groups attached to an aromatic ring is 2. The third-order valence-electron chi connectivity index (χ3n) is 8.20. The molecule has 32 heteroatoms. The second-order valence-electron chi connectivity index (χ2n) is 11.9. The number of nitrogens with two attached hydrogens (primary N) is 2. The number of anilines is 2. The van der Waals surface area contributed by atoms with Crippen molar-refractivity contribution in [3.05, 3.63) is 39.4 Å². The zero-order valence-corrected chi connectivity index (χ0v) is 41.6. The van der Waals surface area contributed by atoms with Crippen molar-refractivity contribution in [1.29, 1.82) is 0 Å². The van der Waals surface area contributed by atoms with Crippen LogP contribution in [0.4, 0.5) is 11.8 Å². The van der Waals surface area contributed by atoms with Crippen LogP contribution in [-0.2, 0) is 46.5 Å². The summed E-state index contributed by atoms with van der Waals surface area (Å²) in [5.41, 5.74) is 9.65. The number of phosphoric acid groups is 1. The van der Waals surface area contributed by atoms with Gasteiger partial charge in [0.25, 0.3) is 11.1 Å². The first-order valence-electron chi connectivity index (χ1n) is 15.7. The van der Waals surface area contributed by atoms with Gasteiger partial charge in [-0.25, -0.2) is 19.6 Å². The molecule has 0 amide bonds. The van der Waals surface area contributed by atoms with E-state index in [1.807, 2.05) is 0 Å². The Hall–Kier alpha value is -0.170. The number of carboxylic acid groups (broad SMARTS) is 2. The first kappa shape index (κ1) is 55.8. The van der Waals surface area contributed by atoms with Gasteiger partial charge in [-0.15, -0.1) is 0 Å². The Kier molecular flexibility index (Phi) is 23.2. The fraction of sp³-hybridized carbons (Fsp3) is 0.577. The van der Waals surface area contributed by atoms with Crippen LogP contribution >= 0.6 is 15.6 Å². The van der Waals surface area contributed by atoms with Gasteiger partial charge in [-0.3, -0.25) is 32.8 Å². The first-order valence-corrected chi connectivity index (χ1v) is 18.7. The number of imidazole rings is 1. The molecule has 5 heterocycles. The molecule has 7 N–H and O–H groups in total. The SMILES string of the molecule is CO[C@@H]1[C@H](OP(=O)(NCCCC(C(=O)[O-])C(=O)[O-])OC[C@@H]2C[C@@H](O)[C@H](n3cc(N)ncc3=O)O2)[C@@H](COP(=O)([O-])[O-])O[C@H]1n1cnc2c(=O)[nH]c(N)nc21.[Na+].[Na+].[Na+].[Na+]. The molecule has 0 saturated carbocycles. The Morgan fingerprint density at radius 1 is 1.03 bits per heavy atom. The number of aliphatic hydroxyl groups excluding tert-OH is 1. The van der Waals surface area contributed by atoms with Crippen LogP contribution in [0.5, 0.6) is 0 Å². The van der Waals surface area contributed by atoms with Crippen LogP contribution in [0.25, 0.3) is 11.2 Å². The van der Waals surface area contributed by atoms with Crippen molar-refractivity contribution >= 4 is 50.4 Å². The minimum Gasteiger partial charge on any atom is -0.790 e. The molecule has 1 unspecified atom stereocenters. The van der Waals surface area contributed by atoms with Crippen molar-refractivity contribution in [2.45, 2.75) is 62.2 Å². The zero-order chi connectivity index (χ0) is 39.5. The molecule has 2 aliphatic rings. The van der Waals surface area contributed by atoms with Crippen LogP contribution in [-0.4, -0.2) is 104 Å². The normalized spacial score (nSPS) is 23.9. The number of methoxy groups -OCH3 is 1. The summed E-state index contributed by atoms with van der Waals surface area (Å²) in [7, 11) is -9.26. The largest absolute Gasteiger partial charge is 1.00 e. The van der Waals surface area contributed by atoms with Crippen LogP contribution < -0.4 is 166 Å². The number of hydrogen-bond donors (Lipinski definition) is 5. The molecular formula is C26H33N9Na4O17P2. The predicted molar refractivity (Wildman–Crippen MR) is 167 cm³/mol. The Bertz CT molecular complexity index is 2060. The molecule has 3 aromatic rings. The first-order chi connectivity index (χ1) is 25.4. The minimum absolute atomic E-state index is 0. The quantitative estimate of drug-likeness (QED) is 0.0342. The Labute approximate surface area is 415 Å². The smallest absolute Gasteiger partial charge is 0.790 e. The molecule has 2 saturated heterocycles. The maximum Gasteiger partial charge on any atom is 1.00 e. The molecule has 8 atom stereocenters. The number of carbonyl (C=O) groups excluding carboxylic acids is 2. The number of rotatable bonds is 18. The Morgan fingerprint density at radius 2 is 1.71 bits per heavy atom. The molecule has 58 heavy (non-hydrogen) atoms. The van der Waals surface area contributed by atoms with Crippen LogP contribution in [0.1, 0.15) is 31.7 Å². The summed E-state index contributed by atoms with van der Waals surface area (Å²) < 4.78 is 61.3. The molecular weight excluding hydrogens is 864 g/mol. The minimum atomic E-state index is -5.64. The van der Waals surface area contributed by atoms with E-state index in [0.717, 1.165) is 30.4 Å². The van der Waals surface area contributed by atoms with Gasteiger partial charge in [0.1, 0.15) is 30.2 Å². The van der Waals surface area contributed by atoms with Gasteiger partial charge >= 0.3 is 126 Å². The number of fused-ring (bicyclic) bond motifs is 1. The maximum atomic E-state index is 14.4. The fourth-order valence-corrected chi connectivity index (χ4v) is 7.70. The van der Waals surface area contributed by atoms with E-state index in [1.54, 1.807) is 0 Å². The molecule has 26 nitrogen and oxygen atoms in total. The third kappa shape index (κ3) is 14.2. The molecule has 0 aromatic carbocycles. The number of carboxylic acids is 2. The van der Waals surface area contributed by atoms with E-state index in [1.165, 1.54) is 4.57 Å². The zero-order valence-electron chi connectivity index (χ0n) is 31.9. The molecule has 0 bridgehead atoms. The van der Waals surface area contributed by atoms with Gasteiger partial charge < -0.3 is 69.5 Å². The van der Waals surface area contributed by atoms with Crippen LogP contribution in [0.15, 0.2) is 28.3 Å². The summed E-state index contributed by atoms with van der Waals surface area (Å²) in [6, 6.07) is 0. The number of aliphatic hydroxyl groups is 1. The summed E-state index contributed by atoms with van der Waals surface area (Å²) >= 11 is 0. The van der Waals surface area contributed by atoms with E-state index >= 15 is 0 Å². The summed E-state index contributed by atoms with van der Waals surface area (Å²) in [5.74, 6) is -6.25. The molecule has 3 aromatic heterocycles. The van der Waals surface area contributed by atoms with Gasteiger partial charge in [-0.1, -0.05) is 0 Å². The van der Waals surface area contributed by atoms with E-state index < -0.39 is 114 Å². The Morgan fingerprint density at radius 3 is 2.33 bits per heavy atom. The molecule has 298 valence electrons. The summed E-state index contributed by atoms with van der Waals surface area (Å²) in [6.45, 7) is -2.06. The fourth-order valence-electron chi connectivity index (χ4n) is 5.77. The van der Waals surface area contributed by atoms with Crippen LogP contribution in [0, 0.1) is 5.92 Å². The van der Waals surface area contributed by atoms with E-state index in [2.05, 4.69) is 29.5 Å². The number of phosphoric ester groups is 1. The van der Waals surface area contributed by atoms with Crippen molar-refractivity contribution in [1.82, 2.24) is 34.2 Å². The van der Waals surface area contributed by atoms with E-state index in [0.29, 0.717) is 0 Å². The molecule has 2 aliphatic heterocycles. The average molecular weight is 898 g/mol. The number of nitrogens with one attached hydrogen (secondary N) is 2. The monoisotopic (exact) mass is 897 g/mol. The van der Waals surface area contributed by atoms with Crippen molar-refractivity contribution in [2.24, 2.45) is 5.92 Å². The molecule has 0 aliphatic carbocycles. The van der Waals surface area contributed by atoms with Gasteiger partial charge in [0, 0.05) is 26.0 Å². The molecule has 0 spiro atoms. The van der Waals surface area contributed by atoms with E-state index in [9.17, 15) is 53.4 Å². The Balaban J connectivity index is 0.00000420. The number of ether oxygens (including phenoxy) is 3. The van der Waals surface area contributed by atoms with Crippen LogP contribution in [0.3, 0.4) is 0 Å². The van der Waals surface area contributed by atoms with Crippen molar-refractivity contribution in [3.8, 4) is 0 Å². The van der Waals surface area contributed by atoms with Gasteiger partial charge in [0.2, 0.25) is 5.95 Å². The number of aliphatic carboxylic acids is 2. The van der Waals surface area contributed by atoms with Crippen molar-refractivity contribution in [2.75, 3.05) is 38.3 Å². The second-order valence-corrected chi connectivity index (χ2v) is 14.8. The molecule has 5 rings (SSSR count). The van der Waals surface area contributed by atoms with Gasteiger partial charge in [-0.2, -0.15) is 4.98 Å². The molecule has 2 fully saturated rings. The van der Waals surface area contributed by atoms with E-state index in [4.69, 9.17) is 34.7 Å². The topological polar surface area (TPSA) is 399 Å². The predicted octanol–water partition coefficient (Wildman–Crippen LogP) is -18.0. The second kappa shape index (κ2) is 24.0. The van der Waals surface area contributed by atoms with Crippen LogP contribution in [0.2, 0.25) is 0 Å². The maximum absolute atomic E-state index is 14.4. The summed E-state index contributed by atoms with van der Waals surface area (Å²) in [5, 5.41) is 35.6. The average Bonchev–Trinajstić information content (AvgIpc) is 3.77. The third-order valence-corrected chi connectivity index (χ3v) is 10.3. The standard InChI is InChI=1S/C26H37N9O17P2.4Na/c1-47-19-18(14(9-49-54(44,45)46)51-23(19)35-10-30-17-20(35)32-26(28)33-21(17)38)52-53(43,31-4-2-3-12(24(39)40)25(41)42)48-8-11-5-13(36)22(50-11)34-7-15(27)29-6-16(34)37;;;;/h6-7,10-14,18-19,22-23,36H,2-5,8-9,27H2,1H3,(H,31,43)(H,39,40)(H,41,42)(H2,44,45,46)(H3,28,32,33,38);;;;/q;4*+1/p-4/t11-,13+,14+,18+,19+,22+,23+,53?;;;;/m0..../s1. The summed E-state index contributed by atoms with van der Waals surface area (Å²) in [4.78, 5) is 84.1. The number of nitrogens with zero attached hydrogens (tertiary/aromatic N) is 5. The number of carbonyl (C=O) groups is 2. The number of H-pyrrole nitrogens is 1. The number of aromatic amines is 1. The van der Waals surface area contributed by atoms with Gasteiger partial charge in [0.05, 0.1) is 57.8 Å². The molecule has 0 radical (unpaired) electrons. The summed E-state index contributed by atoms with van der Waals surface area (Å²) in [6.07, 6.45) is -7.51. The van der Waals surface area contributed by atoms with Crippen molar-refractivity contribution in [3.63, 3.8) is 0 Å².